The number of aliphatic hydroxyl groups excluding tert-OH is 1. The molecule has 0 aromatic heterocycles. The van der Waals surface area contributed by atoms with Crippen LogP contribution in [-0.4, -0.2) is 53.3 Å². The molecule has 57 heavy (non-hydrogen) atoms. The fourth-order valence-electron chi connectivity index (χ4n) is 7.76. The first-order valence-electron chi connectivity index (χ1n) is 21.3. The van der Waals surface area contributed by atoms with Crippen LogP contribution < -0.4 is 5.32 Å². The number of benzene rings is 2. The monoisotopic (exact) mass is 791 g/mol. The van der Waals surface area contributed by atoms with Gasteiger partial charge in [0.2, 0.25) is 5.91 Å². The largest absolute Gasteiger partial charge is 0.481 e. The van der Waals surface area contributed by atoms with Crippen molar-refractivity contribution < 1.29 is 38.9 Å². The number of carboxylic acids is 1. The Kier molecular flexibility index (Phi) is 23.5. The van der Waals surface area contributed by atoms with Gasteiger partial charge < -0.3 is 25.0 Å². The smallest absolute Gasteiger partial charge is 0.309 e. The Balaban J connectivity index is 2.28. The van der Waals surface area contributed by atoms with E-state index in [0.29, 0.717) is 19.4 Å². The number of nitriles is 1. The molecule has 0 saturated carbocycles. The molecule has 0 saturated heterocycles. The van der Waals surface area contributed by atoms with Crippen LogP contribution in [0.15, 0.2) is 60.7 Å². The first-order chi connectivity index (χ1) is 27.4. The van der Waals surface area contributed by atoms with Crippen LogP contribution in [0.5, 0.6) is 0 Å². The second kappa shape index (κ2) is 27.4. The number of rotatable bonds is 30. The molecule has 2 rings (SSSR count). The molecule has 0 spiro atoms. The molecule has 10 nitrogen and oxygen atoms in total. The minimum Gasteiger partial charge on any atom is -0.481 e. The van der Waals surface area contributed by atoms with E-state index in [1.807, 2.05) is 74.5 Å². The number of carboxylic acid groups (broad SMARTS) is 1. The van der Waals surface area contributed by atoms with Gasteiger partial charge in [0.15, 0.2) is 0 Å². The van der Waals surface area contributed by atoms with E-state index in [2.05, 4.69) is 25.2 Å². The SMILES string of the molecule is CCCCCCCCCCC(C)OC(=O)C(CC(C)C(=O)OCCO)CC(CC(C#N)CC(C)(CC(CC)c1ccccc1)C(=O)NCc1ccccc1)C(=O)O. The maximum absolute atomic E-state index is 14.1. The molecule has 2 aromatic rings. The lowest BCUT2D eigenvalue weighted by atomic mass is 9.70. The molecular formula is C47H70N2O8. The van der Waals surface area contributed by atoms with Gasteiger partial charge in [0.05, 0.1) is 36.5 Å². The number of esters is 2. The summed E-state index contributed by atoms with van der Waals surface area (Å²) in [6.07, 6.45) is 10.6. The number of aliphatic hydroxyl groups is 1. The number of hydrogen-bond donors (Lipinski definition) is 3. The van der Waals surface area contributed by atoms with Gasteiger partial charge in [-0.1, -0.05) is 133 Å². The van der Waals surface area contributed by atoms with Crippen LogP contribution >= 0.6 is 0 Å². The van der Waals surface area contributed by atoms with Crippen molar-refractivity contribution in [1.29, 1.82) is 5.26 Å². The van der Waals surface area contributed by atoms with Crippen molar-refractivity contribution in [2.24, 2.45) is 29.1 Å². The molecular weight excluding hydrogens is 721 g/mol. The van der Waals surface area contributed by atoms with Crippen molar-refractivity contribution >= 4 is 23.8 Å². The van der Waals surface area contributed by atoms with Crippen molar-refractivity contribution in [2.45, 2.75) is 149 Å². The molecule has 316 valence electrons. The number of nitrogens with zero attached hydrogens (tertiary/aromatic N) is 1. The number of nitrogens with one attached hydrogen (secondary N) is 1. The van der Waals surface area contributed by atoms with Gasteiger partial charge in [-0.05, 0) is 75.3 Å². The summed E-state index contributed by atoms with van der Waals surface area (Å²) in [4.78, 5) is 53.5. The van der Waals surface area contributed by atoms with E-state index in [1.165, 1.54) is 32.1 Å². The minimum atomic E-state index is -1.17. The first-order valence-corrected chi connectivity index (χ1v) is 21.3. The Morgan fingerprint density at radius 2 is 1.42 bits per heavy atom. The standard InChI is InChI=1S/C47H70N2O8/c1-6-8-9-10-11-12-13-16-21-36(4)57-45(54)42(28-35(3)44(53)56-27-26-50)30-41(43(51)52)29-38(33-48)31-47(5,32-39(7-2)40-24-19-15-20-25-40)46(55)49-34-37-22-17-14-18-23-37/h14-15,17-20,22-25,35-36,38-39,41-42,50H,6-13,16,21,26-32,34H2,1-5H3,(H,49,55)(H,51,52). The topological polar surface area (TPSA) is 163 Å². The van der Waals surface area contributed by atoms with Crippen LogP contribution in [0.4, 0.5) is 0 Å². The van der Waals surface area contributed by atoms with Crippen molar-refractivity contribution in [2.75, 3.05) is 13.2 Å². The molecule has 0 aliphatic carbocycles. The predicted molar refractivity (Wildman–Crippen MR) is 223 cm³/mol. The van der Waals surface area contributed by atoms with Crippen LogP contribution in [0.1, 0.15) is 148 Å². The number of amides is 1. The predicted octanol–water partition coefficient (Wildman–Crippen LogP) is 9.54. The van der Waals surface area contributed by atoms with Crippen LogP contribution in [0, 0.1) is 40.4 Å². The molecule has 0 radical (unpaired) electrons. The minimum absolute atomic E-state index is 0.0105. The molecule has 0 bridgehead atoms. The first kappa shape index (κ1) is 48.9. The number of hydrogen-bond acceptors (Lipinski definition) is 8. The third-order valence-corrected chi connectivity index (χ3v) is 11.2. The Morgan fingerprint density at radius 1 is 0.807 bits per heavy atom. The Labute approximate surface area is 342 Å². The van der Waals surface area contributed by atoms with E-state index in [1.54, 1.807) is 6.92 Å². The highest BCUT2D eigenvalue weighted by molar-refractivity contribution is 5.82. The molecule has 0 fully saturated rings. The van der Waals surface area contributed by atoms with Crippen LogP contribution in [0.2, 0.25) is 0 Å². The Hall–Kier alpha value is -4.23. The molecule has 7 atom stereocenters. The summed E-state index contributed by atoms with van der Waals surface area (Å²) in [6.45, 7) is 9.34. The molecule has 7 unspecified atom stereocenters. The summed E-state index contributed by atoms with van der Waals surface area (Å²) in [5, 5.41) is 33.3. The van der Waals surface area contributed by atoms with E-state index < -0.39 is 53.1 Å². The molecule has 2 aromatic carbocycles. The molecule has 0 aliphatic rings. The Morgan fingerprint density at radius 3 is 2.00 bits per heavy atom. The van der Waals surface area contributed by atoms with Crippen LogP contribution in [0.25, 0.3) is 0 Å². The van der Waals surface area contributed by atoms with Gasteiger partial charge in [0, 0.05) is 17.9 Å². The van der Waals surface area contributed by atoms with Gasteiger partial charge in [-0.15, -0.1) is 0 Å². The lowest BCUT2D eigenvalue weighted by molar-refractivity contribution is -0.157. The zero-order valence-electron chi connectivity index (χ0n) is 35.3. The van der Waals surface area contributed by atoms with Crippen molar-refractivity contribution in [3.63, 3.8) is 0 Å². The third-order valence-electron chi connectivity index (χ3n) is 11.2. The van der Waals surface area contributed by atoms with Crippen molar-refractivity contribution in [3.8, 4) is 6.07 Å². The van der Waals surface area contributed by atoms with E-state index in [4.69, 9.17) is 14.6 Å². The molecule has 3 N–H and O–H groups in total. The highest BCUT2D eigenvalue weighted by Gasteiger charge is 2.40. The van der Waals surface area contributed by atoms with Gasteiger partial charge in [-0.2, -0.15) is 5.26 Å². The summed E-state index contributed by atoms with van der Waals surface area (Å²) >= 11 is 0. The average molecular weight is 791 g/mol. The normalized spacial score (nSPS) is 15.5. The molecule has 0 aliphatic heterocycles. The maximum atomic E-state index is 14.1. The molecule has 10 heteroatoms. The lowest BCUT2D eigenvalue weighted by Crippen LogP contribution is -2.41. The lowest BCUT2D eigenvalue weighted by Gasteiger charge is -2.34. The van der Waals surface area contributed by atoms with Gasteiger partial charge in [-0.25, -0.2) is 0 Å². The van der Waals surface area contributed by atoms with Gasteiger partial charge in [0.25, 0.3) is 0 Å². The summed E-state index contributed by atoms with van der Waals surface area (Å²) in [5.74, 6) is -6.20. The van der Waals surface area contributed by atoms with Crippen LogP contribution in [-0.2, 0) is 35.2 Å². The molecule has 0 heterocycles. The highest BCUT2D eigenvalue weighted by atomic mass is 16.5. The fourth-order valence-corrected chi connectivity index (χ4v) is 7.76. The van der Waals surface area contributed by atoms with Gasteiger partial charge >= 0.3 is 17.9 Å². The van der Waals surface area contributed by atoms with E-state index in [-0.39, 0.29) is 50.7 Å². The second-order valence-electron chi connectivity index (χ2n) is 16.2. The van der Waals surface area contributed by atoms with Crippen LogP contribution in [0.3, 0.4) is 0 Å². The molecule has 1 amide bonds. The number of carbonyl (C=O) groups is 4. The van der Waals surface area contributed by atoms with E-state index in [9.17, 15) is 29.5 Å². The Bertz CT molecular complexity index is 1500. The van der Waals surface area contributed by atoms with E-state index >= 15 is 0 Å². The van der Waals surface area contributed by atoms with Gasteiger partial charge in [-0.3, -0.25) is 19.2 Å². The van der Waals surface area contributed by atoms with E-state index in [0.717, 1.165) is 36.8 Å². The average Bonchev–Trinajstić information content (AvgIpc) is 3.21. The summed E-state index contributed by atoms with van der Waals surface area (Å²) in [5.41, 5.74) is 0.998. The zero-order chi connectivity index (χ0) is 42.1. The highest BCUT2D eigenvalue weighted by Crippen LogP contribution is 2.41. The second-order valence-corrected chi connectivity index (χ2v) is 16.2. The summed E-state index contributed by atoms with van der Waals surface area (Å²) < 4.78 is 11.0. The van der Waals surface area contributed by atoms with Gasteiger partial charge in [0.1, 0.15) is 6.61 Å². The number of unbranched alkanes of at least 4 members (excludes halogenated alkanes) is 7. The fraction of sp³-hybridized carbons (Fsp3) is 0.638. The summed E-state index contributed by atoms with van der Waals surface area (Å²) in [7, 11) is 0. The maximum Gasteiger partial charge on any atom is 0.309 e. The number of carbonyl (C=O) groups excluding carboxylic acids is 3. The number of ether oxygens (including phenoxy) is 2. The quantitative estimate of drug-likeness (QED) is 0.0517. The third kappa shape index (κ3) is 18.7. The van der Waals surface area contributed by atoms with Crippen molar-refractivity contribution in [3.05, 3.63) is 71.8 Å². The summed E-state index contributed by atoms with van der Waals surface area (Å²) in [6, 6.07) is 21.8. The number of aliphatic carboxylic acids is 1. The van der Waals surface area contributed by atoms with Crippen molar-refractivity contribution in [1.82, 2.24) is 5.32 Å². The zero-order valence-corrected chi connectivity index (χ0v) is 35.3.